The Morgan fingerprint density at radius 3 is 2.62 bits per heavy atom. The van der Waals surface area contributed by atoms with Crippen molar-refractivity contribution in [3.8, 4) is 0 Å². The summed E-state index contributed by atoms with van der Waals surface area (Å²) in [5, 5.41) is 0.271. The third-order valence-corrected chi connectivity index (χ3v) is 3.12. The summed E-state index contributed by atoms with van der Waals surface area (Å²) >= 11 is 9.17. The largest absolute Gasteiger partial charge is 0.460 e. The fraction of sp³-hybridized carbons (Fsp3) is 0.273. The predicted molar refractivity (Wildman–Crippen MR) is 64.9 cm³/mol. The zero-order chi connectivity index (χ0) is 12.3. The fourth-order valence-electron chi connectivity index (χ4n) is 1.16. The van der Waals surface area contributed by atoms with E-state index >= 15 is 0 Å². The van der Waals surface area contributed by atoms with E-state index in [2.05, 4.69) is 20.7 Å². The topological polar surface area (TPSA) is 43.4 Å². The van der Waals surface area contributed by atoms with Crippen LogP contribution < -0.4 is 0 Å². The number of ether oxygens (including phenoxy) is 1. The summed E-state index contributed by atoms with van der Waals surface area (Å²) in [5.41, 5.74) is 0.887. The van der Waals surface area contributed by atoms with Gasteiger partial charge < -0.3 is 4.74 Å². The van der Waals surface area contributed by atoms with Gasteiger partial charge in [0, 0.05) is 4.47 Å². The molecule has 0 aliphatic carbocycles. The number of hydrogen-bond acceptors (Lipinski definition) is 3. The van der Waals surface area contributed by atoms with Crippen LogP contribution in [0, 0.1) is 6.92 Å². The van der Waals surface area contributed by atoms with Gasteiger partial charge in [-0.3, -0.25) is 4.79 Å². The van der Waals surface area contributed by atoms with Crippen molar-refractivity contribution in [2.75, 3.05) is 6.61 Å². The lowest BCUT2D eigenvalue weighted by atomic mass is 10.1. The summed E-state index contributed by atoms with van der Waals surface area (Å²) in [5.74, 6) is -1.63. The molecule has 0 amide bonds. The molecule has 1 rings (SSSR count). The Morgan fingerprint density at radius 2 is 2.06 bits per heavy atom. The molecule has 0 heterocycles. The summed E-state index contributed by atoms with van der Waals surface area (Å²) in [6.07, 6.45) is 0. The number of hydrogen-bond donors (Lipinski definition) is 0. The Kier molecular flexibility index (Phi) is 4.50. The number of benzene rings is 1. The third kappa shape index (κ3) is 2.62. The quantitative estimate of drug-likeness (QED) is 0.489. The number of rotatable bonds is 3. The number of halogens is 2. The molecular weight excluding hydrogens is 295 g/mol. The second-order valence-corrected chi connectivity index (χ2v) is 4.34. The highest BCUT2D eigenvalue weighted by molar-refractivity contribution is 9.10. The highest BCUT2D eigenvalue weighted by Crippen LogP contribution is 2.28. The maximum atomic E-state index is 11.7. The van der Waals surface area contributed by atoms with Crippen LogP contribution in [0.1, 0.15) is 22.8 Å². The highest BCUT2D eigenvalue weighted by Gasteiger charge is 2.23. The van der Waals surface area contributed by atoms with Crippen molar-refractivity contribution in [3.63, 3.8) is 0 Å². The van der Waals surface area contributed by atoms with E-state index in [1.165, 1.54) is 0 Å². The lowest BCUT2D eigenvalue weighted by Gasteiger charge is -2.07. The van der Waals surface area contributed by atoms with Gasteiger partial charge in [-0.15, -0.1) is 0 Å². The summed E-state index contributed by atoms with van der Waals surface area (Å²) in [6.45, 7) is 3.56. The molecule has 0 aromatic heterocycles. The van der Waals surface area contributed by atoms with E-state index in [0.29, 0.717) is 4.47 Å². The van der Waals surface area contributed by atoms with Gasteiger partial charge in [-0.2, -0.15) is 0 Å². The van der Waals surface area contributed by atoms with E-state index in [4.69, 9.17) is 11.6 Å². The lowest BCUT2D eigenvalue weighted by molar-refractivity contribution is -0.137. The summed E-state index contributed by atoms with van der Waals surface area (Å²) in [4.78, 5) is 23.0. The zero-order valence-corrected chi connectivity index (χ0v) is 11.2. The number of carbonyl (C=O) groups excluding carboxylic acids is 2. The average molecular weight is 306 g/mol. The van der Waals surface area contributed by atoms with Crippen molar-refractivity contribution >= 4 is 39.3 Å². The van der Waals surface area contributed by atoms with Gasteiger partial charge in [-0.1, -0.05) is 17.7 Å². The monoisotopic (exact) mass is 304 g/mol. The number of esters is 1. The first-order valence-corrected chi connectivity index (χ1v) is 5.82. The van der Waals surface area contributed by atoms with Crippen LogP contribution in [0.4, 0.5) is 0 Å². The SMILES string of the molecule is CCOC(=O)C(=O)c1c(Br)ccc(C)c1Cl. The van der Waals surface area contributed by atoms with E-state index in [0.717, 1.165) is 5.56 Å². The average Bonchev–Trinajstić information content (AvgIpc) is 2.24. The van der Waals surface area contributed by atoms with Gasteiger partial charge >= 0.3 is 5.97 Å². The molecule has 3 nitrogen and oxygen atoms in total. The predicted octanol–water partition coefficient (Wildman–Crippen LogP) is 3.16. The molecule has 0 aliphatic heterocycles. The standard InChI is InChI=1S/C11H10BrClO3/c1-3-16-11(15)10(14)8-7(12)5-4-6(2)9(8)13/h4-5H,3H2,1-2H3. The second kappa shape index (κ2) is 5.46. The molecule has 0 spiro atoms. The van der Waals surface area contributed by atoms with Crippen molar-refractivity contribution in [1.29, 1.82) is 0 Å². The molecule has 16 heavy (non-hydrogen) atoms. The molecule has 1 aromatic carbocycles. The first-order chi connectivity index (χ1) is 7.49. The lowest BCUT2D eigenvalue weighted by Crippen LogP contribution is -2.18. The van der Waals surface area contributed by atoms with E-state index in [-0.39, 0.29) is 17.2 Å². The number of ketones is 1. The summed E-state index contributed by atoms with van der Waals surface area (Å²) in [7, 11) is 0. The molecule has 0 saturated carbocycles. The molecule has 86 valence electrons. The van der Waals surface area contributed by atoms with Crippen LogP contribution in [0.2, 0.25) is 5.02 Å². The minimum absolute atomic E-state index is 0.153. The van der Waals surface area contributed by atoms with Crippen molar-refractivity contribution in [1.82, 2.24) is 0 Å². The van der Waals surface area contributed by atoms with E-state index in [1.54, 1.807) is 26.0 Å². The Balaban J connectivity index is 3.18. The first kappa shape index (κ1) is 13.2. The van der Waals surface area contributed by atoms with E-state index < -0.39 is 11.8 Å². The Bertz CT molecular complexity index is 443. The van der Waals surface area contributed by atoms with Crippen LogP contribution in [0.3, 0.4) is 0 Å². The maximum absolute atomic E-state index is 11.7. The minimum atomic E-state index is -0.893. The molecule has 0 unspecified atom stereocenters. The number of aryl methyl sites for hydroxylation is 1. The first-order valence-electron chi connectivity index (χ1n) is 4.65. The Morgan fingerprint density at radius 1 is 1.44 bits per heavy atom. The van der Waals surface area contributed by atoms with Gasteiger partial charge in [0.05, 0.1) is 17.2 Å². The van der Waals surface area contributed by atoms with Gasteiger partial charge in [-0.05, 0) is 41.4 Å². The van der Waals surface area contributed by atoms with Crippen LogP contribution in [-0.2, 0) is 9.53 Å². The van der Waals surface area contributed by atoms with Gasteiger partial charge in [-0.25, -0.2) is 4.79 Å². The third-order valence-electron chi connectivity index (χ3n) is 1.97. The van der Waals surface area contributed by atoms with Gasteiger partial charge in [0.15, 0.2) is 0 Å². The number of carbonyl (C=O) groups is 2. The molecule has 1 aromatic rings. The number of Topliss-reactive ketones (excluding diaryl/α,β-unsaturated/α-hetero) is 1. The fourth-order valence-corrected chi connectivity index (χ4v) is 2.04. The van der Waals surface area contributed by atoms with Crippen molar-refractivity contribution in [2.24, 2.45) is 0 Å². The maximum Gasteiger partial charge on any atom is 0.379 e. The molecule has 0 bridgehead atoms. The minimum Gasteiger partial charge on any atom is -0.460 e. The molecule has 0 saturated heterocycles. The molecule has 0 radical (unpaired) electrons. The summed E-state index contributed by atoms with van der Waals surface area (Å²) < 4.78 is 5.13. The summed E-state index contributed by atoms with van der Waals surface area (Å²) in [6, 6.07) is 3.43. The van der Waals surface area contributed by atoms with Crippen molar-refractivity contribution in [2.45, 2.75) is 13.8 Å². The molecule has 0 aliphatic rings. The normalized spacial score (nSPS) is 10.0. The van der Waals surface area contributed by atoms with Crippen molar-refractivity contribution in [3.05, 3.63) is 32.8 Å². The van der Waals surface area contributed by atoms with Crippen LogP contribution in [0.25, 0.3) is 0 Å². The zero-order valence-electron chi connectivity index (χ0n) is 8.84. The van der Waals surface area contributed by atoms with Crippen LogP contribution >= 0.6 is 27.5 Å². The van der Waals surface area contributed by atoms with Crippen LogP contribution in [-0.4, -0.2) is 18.4 Å². The Labute approximate surface area is 107 Å². The smallest absolute Gasteiger partial charge is 0.379 e. The van der Waals surface area contributed by atoms with Crippen LogP contribution in [0.15, 0.2) is 16.6 Å². The van der Waals surface area contributed by atoms with Gasteiger partial charge in [0.1, 0.15) is 0 Å². The second-order valence-electron chi connectivity index (χ2n) is 3.10. The van der Waals surface area contributed by atoms with Crippen molar-refractivity contribution < 1.29 is 14.3 Å². The molecular formula is C11H10BrClO3. The molecule has 0 atom stereocenters. The van der Waals surface area contributed by atoms with E-state index in [9.17, 15) is 9.59 Å². The van der Waals surface area contributed by atoms with Crippen LogP contribution in [0.5, 0.6) is 0 Å². The van der Waals surface area contributed by atoms with Gasteiger partial charge in [0.2, 0.25) is 0 Å². The molecule has 0 N–H and O–H groups in total. The molecule has 5 heteroatoms. The molecule has 0 fully saturated rings. The van der Waals surface area contributed by atoms with Gasteiger partial charge in [0.25, 0.3) is 5.78 Å². The van der Waals surface area contributed by atoms with E-state index in [1.807, 2.05) is 0 Å². The highest BCUT2D eigenvalue weighted by atomic mass is 79.9. The Hall–Kier alpha value is -0.870.